The molecule has 2 saturated heterocycles. The number of hydrogen-bond acceptors (Lipinski definition) is 7. The van der Waals surface area contributed by atoms with Gasteiger partial charge in [-0.15, -0.1) is 0 Å². The van der Waals surface area contributed by atoms with Gasteiger partial charge in [0.2, 0.25) is 0 Å². The summed E-state index contributed by atoms with van der Waals surface area (Å²) in [6.07, 6.45) is -1.05. The quantitative estimate of drug-likeness (QED) is 0.256. The standard InChI is InChI=1S/C33H40O7Si/c1-33(2,3)41(25-12-8-6-9-13-25,26-14-10-7-11-15-26)40-29(22-37-24-18-16-23(35-4)17-19-24)32-27-20-30(34)38-28(27)21-31(36-5)39-32/h6-19,27-29,31-32H,20-22H2,1-5H3/t27-,28-,29-,31-,32-/m0/s1. The predicted octanol–water partition coefficient (Wildman–Crippen LogP) is 4.71. The van der Waals surface area contributed by atoms with Gasteiger partial charge in [0.05, 0.1) is 19.6 Å². The minimum Gasteiger partial charge on any atom is -0.497 e. The molecule has 0 spiro atoms. The molecule has 2 aliphatic rings. The number of carbonyl (C=O) groups excluding carboxylic acids is 1. The highest BCUT2D eigenvalue weighted by Crippen LogP contribution is 2.42. The fourth-order valence-electron chi connectivity index (χ4n) is 6.18. The number of esters is 1. The summed E-state index contributed by atoms with van der Waals surface area (Å²) in [4.78, 5) is 12.5. The number of methoxy groups -OCH3 is 2. The Bertz CT molecular complexity index is 1240. The molecule has 2 heterocycles. The van der Waals surface area contributed by atoms with Crippen molar-refractivity contribution in [3.63, 3.8) is 0 Å². The zero-order valence-corrected chi connectivity index (χ0v) is 25.4. The summed E-state index contributed by atoms with van der Waals surface area (Å²) in [7, 11) is 0.263. The van der Waals surface area contributed by atoms with Crippen LogP contribution in [0.1, 0.15) is 33.6 Å². The van der Waals surface area contributed by atoms with E-state index in [4.69, 9.17) is 28.1 Å². The first-order valence-corrected chi connectivity index (χ1v) is 16.1. The van der Waals surface area contributed by atoms with E-state index >= 15 is 0 Å². The average molecular weight is 577 g/mol. The second-order valence-electron chi connectivity index (χ2n) is 11.7. The molecule has 0 radical (unpaired) electrons. The number of benzene rings is 3. The monoisotopic (exact) mass is 576 g/mol. The topological polar surface area (TPSA) is 72.5 Å². The second-order valence-corrected chi connectivity index (χ2v) is 16.0. The Labute approximate surface area is 243 Å². The molecule has 0 bridgehead atoms. The number of hydrogen-bond donors (Lipinski definition) is 0. The zero-order valence-electron chi connectivity index (χ0n) is 24.4. The van der Waals surface area contributed by atoms with E-state index in [1.807, 2.05) is 36.4 Å². The first-order valence-electron chi connectivity index (χ1n) is 14.2. The lowest BCUT2D eigenvalue weighted by molar-refractivity contribution is -0.238. The highest BCUT2D eigenvalue weighted by Gasteiger charge is 2.56. The van der Waals surface area contributed by atoms with Crippen LogP contribution >= 0.6 is 0 Å². The summed E-state index contributed by atoms with van der Waals surface area (Å²) >= 11 is 0. The van der Waals surface area contributed by atoms with E-state index in [9.17, 15) is 4.79 Å². The van der Waals surface area contributed by atoms with Crippen LogP contribution in [0.25, 0.3) is 0 Å². The van der Waals surface area contributed by atoms with Crippen LogP contribution in [0.15, 0.2) is 84.9 Å². The van der Waals surface area contributed by atoms with Gasteiger partial charge < -0.3 is 28.1 Å². The molecule has 7 nitrogen and oxygen atoms in total. The summed E-state index contributed by atoms with van der Waals surface area (Å²) < 4.78 is 37.2. The van der Waals surface area contributed by atoms with Crippen LogP contribution < -0.4 is 19.8 Å². The van der Waals surface area contributed by atoms with E-state index < -0.39 is 26.8 Å². The number of rotatable bonds is 10. The lowest BCUT2D eigenvalue weighted by Crippen LogP contribution is -2.69. The van der Waals surface area contributed by atoms with Crippen LogP contribution in [0.4, 0.5) is 0 Å². The summed E-state index contributed by atoms with van der Waals surface area (Å²) in [5.74, 6) is 1.05. The molecule has 8 heteroatoms. The second kappa shape index (κ2) is 12.4. The average Bonchev–Trinajstić information content (AvgIpc) is 3.37. The van der Waals surface area contributed by atoms with Crippen molar-refractivity contribution in [1.82, 2.24) is 0 Å². The maximum Gasteiger partial charge on any atom is 0.306 e. The van der Waals surface area contributed by atoms with Gasteiger partial charge in [-0.05, 0) is 39.7 Å². The van der Waals surface area contributed by atoms with E-state index in [-0.39, 0.29) is 36.1 Å². The molecule has 0 unspecified atom stereocenters. The van der Waals surface area contributed by atoms with Gasteiger partial charge in [-0.2, -0.15) is 0 Å². The van der Waals surface area contributed by atoms with Gasteiger partial charge in [-0.1, -0.05) is 81.4 Å². The molecule has 5 atom stereocenters. The molecule has 41 heavy (non-hydrogen) atoms. The van der Waals surface area contributed by atoms with Gasteiger partial charge in [0, 0.05) is 19.4 Å². The van der Waals surface area contributed by atoms with Crippen LogP contribution in [0.2, 0.25) is 5.04 Å². The Kier molecular flexibility index (Phi) is 8.84. The highest BCUT2D eigenvalue weighted by atomic mass is 28.4. The van der Waals surface area contributed by atoms with Gasteiger partial charge in [-0.3, -0.25) is 4.79 Å². The van der Waals surface area contributed by atoms with Crippen LogP contribution in [0, 0.1) is 5.92 Å². The van der Waals surface area contributed by atoms with Crippen LogP contribution in [-0.2, 0) is 23.4 Å². The minimum atomic E-state index is -2.99. The summed E-state index contributed by atoms with van der Waals surface area (Å²) in [6.45, 7) is 6.94. The molecule has 2 fully saturated rings. The number of carbonyl (C=O) groups is 1. The Balaban J connectivity index is 1.60. The van der Waals surface area contributed by atoms with E-state index in [1.165, 1.54) is 0 Å². The molecular formula is C33H40O7Si. The molecule has 0 amide bonds. The van der Waals surface area contributed by atoms with Crippen molar-refractivity contribution in [2.75, 3.05) is 20.8 Å². The van der Waals surface area contributed by atoms with Gasteiger partial charge in [0.1, 0.15) is 30.3 Å². The maximum atomic E-state index is 12.5. The van der Waals surface area contributed by atoms with E-state index in [0.29, 0.717) is 12.2 Å². The lowest BCUT2D eigenvalue weighted by atomic mass is 9.87. The van der Waals surface area contributed by atoms with Crippen molar-refractivity contribution < 1.29 is 32.9 Å². The summed E-state index contributed by atoms with van der Waals surface area (Å²) in [6, 6.07) is 28.5. The third-order valence-corrected chi connectivity index (χ3v) is 13.2. The normalized spacial score (nSPS) is 23.4. The SMILES string of the molecule is COc1ccc(OC[C@H](O[Si](c2ccccc2)(c2ccccc2)C(C)(C)C)[C@H]2O[C@H](OC)C[C@@H]3OC(=O)C[C@H]23)cc1. The Hall–Kier alpha value is -3.17. The third kappa shape index (κ3) is 6.06. The molecule has 0 N–H and O–H groups in total. The molecule has 3 aromatic rings. The van der Waals surface area contributed by atoms with Crippen molar-refractivity contribution in [2.45, 2.75) is 63.3 Å². The lowest BCUT2D eigenvalue weighted by Gasteiger charge is -2.48. The first-order chi connectivity index (χ1) is 19.7. The number of ether oxygens (including phenoxy) is 5. The van der Waals surface area contributed by atoms with Gasteiger partial charge in [0.25, 0.3) is 8.32 Å². The van der Waals surface area contributed by atoms with Crippen molar-refractivity contribution in [2.24, 2.45) is 5.92 Å². The van der Waals surface area contributed by atoms with E-state index in [0.717, 1.165) is 16.1 Å². The molecule has 0 saturated carbocycles. The van der Waals surface area contributed by atoms with Crippen LogP contribution in [0.5, 0.6) is 11.5 Å². The minimum absolute atomic E-state index is 0.170. The maximum absolute atomic E-state index is 12.5. The highest BCUT2D eigenvalue weighted by molar-refractivity contribution is 6.99. The van der Waals surface area contributed by atoms with Crippen LogP contribution in [-0.4, -0.2) is 59.7 Å². The predicted molar refractivity (Wildman–Crippen MR) is 159 cm³/mol. The van der Waals surface area contributed by atoms with Gasteiger partial charge >= 0.3 is 5.97 Å². The smallest absolute Gasteiger partial charge is 0.306 e. The fourth-order valence-corrected chi connectivity index (χ4v) is 10.9. The first kappa shape index (κ1) is 29.3. The Morgan fingerprint density at radius 3 is 2.00 bits per heavy atom. The largest absolute Gasteiger partial charge is 0.497 e. The van der Waals surface area contributed by atoms with E-state index in [1.54, 1.807) is 14.2 Å². The third-order valence-electron chi connectivity index (χ3n) is 8.17. The van der Waals surface area contributed by atoms with Gasteiger partial charge in [-0.25, -0.2) is 0 Å². The Morgan fingerprint density at radius 2 is 1.46 bits per heavy atom. The van der Waals surface area contributed by atoms with Crippen molar-refractivity contribution in [1.29, 1.82) is 0 Å². The molecule has 5 rings (SSSR count). The van der Waals surface area contributed by atoms with Gasteiger partial charge in [0.15, 0.2) is 6.29 Å². The molecule has 218 valence electrons. The summed E-state index contributed by atoms with van der Waals surface area (Å²) in [5, 5.41) is 2.05. The molecule has 2 aliphatic heterocycles. The Morgan fingerprint density at radius 1 is 0.878 bits per heavy atom. The summed E-state index contributed by atoms with van der Waals surface area (Å²) in [5.41, 5.74) is 0. The van der Waals surface area contributed by atoms with Crippen molar-refractivity contribution in [3.8, 4) is 11.5 Å². The number of fused-ring (bicyclic) bond motifs is 1. The van der Waals surface area contributed by atoms with E-state index in [2.05, 4.69) is 69.3 Å². The van der Waals surface area contributed by atoms with Crippen molar-refractivity contribution >= 4 is 24.7 Å². The van der Waals surface area contributed by atoms with Crippen molar-refractivity contribution in [3.05, 3.63) is 84.9 Å². The van der Waals surface area contributed by atoms with Crippen LogP contribution in [0.3, 0.4) is 0 Å². The molecule has 0 aromatic heterocycles. The molecule has 3 aromatic carbocycles. The zero-order chi connectivity index (χ0) is 29.0. The molecule has 0 aliphatic carbocycles. The molecular weight excluding hydrogens is 536 g/mol. The fraction of sp³-hybridized carbons (Fsp3) is 0.424.